The highest BCUT2D eigenvalue weighted by Gasteiger charge is 2.41. The number of carbonyl (C=O) groups excluding carboxylic acids is 1. The molecule has 1 saturated heterocycles. The fraction of sp³-hybridized carbons (Fsp3) is 0.304. The summed E-state index contributed by atoms with van der Waals surface area (Å²) in [6, 6.07) is 15.3. The maximum Gasteiger partial charge on any atom is 0.267 e. The molecule has 1 aliphatic carbocycles. The molecule has 4 rings (SSSR count). The van der Waals surface area contributed by atoms with E-state index in [2.05, 4.69) is 6.92 Å². The minimum atomic E-state index is 0.00875. The zero-order valence-corrected chi connectivity index (χ0v) is 18.5. The average Bonchev–Trinajstić information content (AvgIpc) is 3.00. The number of hydrogen-bond donors (Lipinski definition) is 0. The zero-order valence-electron chi connectivity index (χ0n) is 16.1. The molecule has 0 unspecified atom stereocenters. The maximum atomic E-state index is 13.4. The molecule has 0 spiro atoms. The van der Waals surface area contributed by atoms with Gasteiger partial charge in [0, 0.05) is 16.1 Å². The number of para-hydroxylation sites is 1. The molecule has 1 amide bonds. The topological polar surface area (TPSA) is 32.7 Å². The van der Waals surface area contributed by atoms with Gasteiger partial charge in [-0.2, -0.15) is 0 Å². The van der Waals surface area contributed by atoms with Crippen LogP contribution in [0.1, 0.15) is 38.2 Å². The quantitative estimate of drug-likeness (QED) is 0.469. The first-order chi connectivity index (χ1) is 14.0. The first kappa shape index (κ1) is 20.5. The number of carbonyl (C=O) groups is 1. The van der Waals surface area contributed by atoms with E-state index in [1.54, 1.807) is 12.1 Å². The number of halogens is 2. The van der Waals surface area contributed by atoms with Gasteiger partial charge in [0.05, 0.1) is 10.6 Å². The van der Waals surface area contributed by atoms with Gasteiger partial charge in [-0.25, -0.2) is 4.99 Å². The average molecular weight is 445 g/mol. The summed E-state index contributed by atoms with van der Waals surface area (Å²) in [4.78, 5) is 20.8. The van der Waals surface area contributed by atoms with E-state index in [0.717, 1.165) is 35.7 Å². The predicted octanol–water partition coefficient (Wildman–Crippen LogP) is 7.18. The number of rotatable bonds is 3. The minimum Gasteiger partial charge on any atom is -0.283 e. The summed E-state index contributed by atoms with van der Waals surface area (Å²) in [5, 5.41) is 1.85. The minimum absolute atomic E-state index is 0.00875. The van der Waals surface area contributed by atoms with E-state index in [1.807, 2.05) is 47.4 Å². The number of benzene rings is 2. The Morgan fingerprint density at radius 3 is 2.59 bits per heavy atom. The number of thioether (sulfide) groups is 1. The lowest BCUT2D eigenvalue weighted by molar-refractivity contribution is -0.124. The van der Waals surface area contributed by atoms with E-state index in [9.17, 15) is 4.79 Å². The SMILES string of the molecule is C[C@H]1CCCC[C@H]1N1C(=O)/C(=C/c2ccc(Cl)cc2Cl)SC1=Nc1ccccc1. The van der Waals surface area contributed by atoms with Gasteiger partial charge in [-0.15, -0.1) is 0 Å². The molecule has 2 aliphatic rings. The van der Waals surface area contributed by atoms with Crippen molar-refractivity contribution in [2.45, 2.75) is 38.6 Å². The molecule has 0 radical (unpaired) electrons. The van der Waals surface area contributed by atoms with Crippen molar-refractivity contribution in [2.24, 2.45) is 10.9 Å². The fourth-order valence-corrected chi connectivity index (χ4v) is 5.41. The van der Waals surface area contributed by atoms with Crippen LogP contribution >= 0.6 is 35.0 Å². The number of aliphatic imine (C=N–C) groups is 1. The van der Waals surface area contributed by atoms with Crippen molar-refractivity contribution in [3.05, 3.63) is 69.0 Å². The molecule has 0 bridgehead atoms. The normalized spacial score (nSPS) is 25.2. The van der Waals surface area contributed by atoms with E-state index in [1.165, 1.54) is 18.2 Å². The van der Waals surface area contributed by atoms with Crippen LogP contribution in [0.3, 0.4) is 0 Å². The van der Waals surface area contributed by atoms with Gasteiger partial charge in [-0.05, 0) is 66.4 Å². The molecule has 0 N–H and O–H groups in total. The summed E-state index contributed by atoms with van der Waals surface area (Å²) in [5.41, 5.74) is 1.63. The Bertz CT molecular complexity index is 974. The van der Waals surface area contributed by atoms with E-state index in [4.69, 9.17) is 28.2 Å². The summed E-state index contributed by atoms with van der Waals surface area (Å²) in [6.45, 7) is 2.24. The van der Waals surface area contributed by atoms with Crippen LogP contribution < -0.4 is 0 Å². The van der Waals surface area contributed by atoms with Crippen LogP contribution in [0.25, 0.3) is 6.08 Å². The first-order valence-electron chi connectivity index (χ1n) is 9.85. The van der Waals surface area contributed by atoms with Crippen molar-refractivity contribution in [3.8, 4) is 0 Å². The summed E-state index contributed by atoms with van der Waals surface area (Å²) in [7, 11) is 0. The molecule has 6 heteroatoms. The third-order valence-corrected chi connectivity index (χ3v) is 7.01. The van der Waals surface area contributed by atoms with Gasteiger partial charge in [-0.1, -0.05) is 67.2 Å². The Hall–Kier alpha value is -1.75. The monoisotopic (exact) mass is 444 g/mol. The molecule has 0 aromatic heterocycles. The van der Waals surface area contributed by atoms with Gasteiger partial charge in [0.25, 0.3) is 5.91 Å². The number of amidine groups is 1. The van der Waals surface area contributed by atoms with E-state index < -0.39 is 0 Å². The molecule has 3 nitrogen and oxygen atoms in total. The van der Waals surface area contributed by atoms with E-state index in [-0.39, 0.29) is 11.9 Å². The molecule has 29 heavy (non-hydrogen) atoms. The molecule has 1 heterocycles. The molecular formula is C23H22Cl2N2OS. The van der Waals surface area contributed by atoms with Gasteiger partial charge < -0.3 is 0 Å². The second-order valence-corrected chi connectivity index (χ2v) is 9.36. The number of nitrogens with zero attached hydrogens (tertiary/aromatic N) is 2. The maximum absolute atomic E-state index is 13.4. The van der Waals surface area contributed by atoms with Crippen molar-refractivity contribution >= 4 is 57.8 Å². The highest BCUT2D eigenvalue weighted by molar-refractivity contribution is 8.18. The fourth-order valence-electron chi connectivity index (χ4n) is 3.91. The third kappa shape index (κ3) is 4.55. The standard InChI is InChI=1S/C23H22Cl2N2OS/c1-15-7-5-6-10-20(15)27-22(28)21(13-16-11-12-17(24)14-19(16)25)29-23(27)26-18-8-3-2-4-9-18/h2-4,8-9,11-15,20H,5-7,10H2,1H3/b21-13-,26-23?/t15-,20+/m0/s1. The van der Waals surface area contributed by atoms with E-state index in [0.29, 0.717) is 20.9 Å². The molecular weight excluding hydrogens is 423 g/mol. The van der Waals surface area contributed by atoms with Crippen LogP contribution in [0.4, 0.5) is 5.69 Å². The molecule has 2 atom stereocenters. The number of hydrogen-bond acceptors (Lipinski definition) is 3. The molecule has 150 valence electrons. The molecule has 1 saturated carbocycles. The van der Waals surface area contributed by atoms with Crippen LogP contribution in [0.5, 0.6) is 0 Å². The van der Waals surface area contributed by atoms with Crippen molar-refractivity contribution in [1.29, 1.82) is 0 Å². The van der Waals surface area contributed by atoms with Crippen molar-refractivity contribution < 1.29 is 4.79 Å². The van der Waals surface area contributed by atoms with Crippen molar-refractivity contribution in [3.63, 3.8) is 0 Å². The highest BCUT2D eigenvalue weighted by Crippen LogP contribution is 2.40. The summed E-state index contributed by atoms with van der Waals surface area (Å²) < 4.78 is 0. The Balaban J connectivity index is 1.73. The predicted molar refractivity (Wildman–Crippen MR) is 124 cm³/mol. The highest BCUT2D eigenvalue weighted by atomic mass is 35.5. The lowest BCUT2D eigenvalue weighted by Crippen LogP contribution is -2.44. The zero-order chi connectivity index (χ0) is 20.4. The Morgan fingerprint density at radius 2 is 1.86 bits per heavy atom. The lowest BCUT2D eigenvalue weighted by Gasteiger charge is -2.35. The van der Waals surface area contributed by atoms with E-state index >= 15 is 0 Å². The second kappa shape index (κ2) is 8.95. The third-order valence-electron chi connectivity index (χ3n) is 5.46. The second-order valence-electron chi connectivity index (χ2n) is 7.51. The van der Waals surface area contributed by atoms with Gasteiger partial charge in [-0.3, -0.25) is 9.69 Å². The van der Waals surface area contributed by atoms with Crippen LogP contribution in [0.15, 0.2) is 58.4 Å². The van der Waals surface area contributed by atoms with Crippen LogP contribution in [0.2, 0.25) is 10.0 Å². The molecule has 2 aromatic rings. The summed E-state index contributed by atoms with van der Waals surface area (Å²) in [6.07, 6.45) is 6.36. The van der Waals surface area contributed by atoms with Crippen LogP contribution in [-0.2, 0) is 4.79 Å². The Morgan fingerprint density at radius 1 is 1.10 bits per heavy atom. The van der Waals surface area contributed by atoms with Gasteiger partial charge in [0.2, 0.25) is 0 Å². The largest absolute Gasteiger partial charge is 0.283 e. The van der Waals surface area contributed by atoms with Crippen molar-refractivity contribution in [1.82, 2.24) is 4.90 Å². The Kier molecular flexibility index (Phi) is 6.33. The summed E-state index contributed by atoms with van der Waals surface area (Å²) >= 11 is 13.8. The Labute approximate surface area is 185 Å². The lowest BCUT2D eigenvalue weighted by atomic mass is 9.85. The van der Waals surface area contributed by atoms with Crippen LogP contribution in [-0.4, -0.2) is 22.0 Å². The van der Waals surface area contributed by atoms with Gasteiger partial charge in [0.1, 0.15) is 0 Å². The smallest absolute Gasteiger partial charge is 0.267 e. The number of amides is 1. The summed E-state index contributed by atoms with van der Waals surface area (Å²) in [5.74, 6) is 0.460. The van der Waals surface area contributed by atoms with Crippen molar-refractivity contribution in [2.75, 3.05) is 0 Å². The van der Waals surface area contributed by atoms with Crippen LogP contribution in [0, 0.1) is 5.92 Å². The molecule has 2 aromatic carbocycles. The molecule has 2 fully saturated rings. The first-order valence-corrected chi connectivity index (χ1v) is 11.4. The molecule has 1 aliphatic heterocycles. The van der Waals surface area contributed by atoms with Gasteiger partial charge >= 0.3 is 0 Å². The van der Waals surface area contributed by atoms with Gasteiger partial charge in [0.15, 0.2) is 5.17 Å².